The standard InChI is InChI=1S/C20H32O4/c1-12(2)14-8-7-13(3)11-15(14)23-17(22)20-10-9-19(6,16(21)24-20)18(20,4)5/h12-15H,7-11H2,1-6H3/t13-,14+,15-,19+,20-/m1/s1. The molecule has 0 aromatic rings. The van der Waals surface area contributed by atoms with Gasteiger partial charge in [0.15, 0.2) is 0 Å². The predicted molar refractivity (Wildman–Crippen MR) is 91.2 cm³/mol. The Morgan fingerprint density at radius 2 is 1.88 bits per heavy atom. The predicted octanol–water partition coefficient (Wildman–Crippen LogP) is 4.11. The molecule has 0 N–H and O–H groups in total. The first-order valence-corrected chi connectivity index (χ1v) is 9.50. The van der Waals surface area contributed by atoms with E-state index in [9.17, 15) is 9.59 Å². The third-order valence-corrected chi connectivity index (χ3v) is 7.63. The van der Waals surface area contributed by atoms with Crippen LogP contribution < -0.4 is 0 Å². The van der Waals surface area contributed by atoms with Crippen molar-refractivity contribution in [3.05, 3.63) is 0 Å². The van der Waals surface area contributed by atoms with Gasteiger partial charge >= 0.3 is 11.9 Å². The number of hydrogen-bond donors (Lipinski definition) is 0. The Bertz CT molecular complexity index is 552. The molecule has 3 rings (SSSR count). The molecular formula is C20H32O4. The monoisotopic (exact) mass is 336 g/mol. The minimum absolute atomic E-state index is 0.0578. The molecule has 1 heterocycles. The van der Waals surface area contributed by atoms with Crippen molar-refractivity contribution in [1.82, 2.24) is 0 Å². The van der Waals surface area contributed by atoms with E-state index in [0.717, 1.165) is 12.8 Å². The number of fused-ring (bicyclic) bond motifs is 2. The van der Waals surface area contributed by atoms with E-state index >= 15 is 0 Å². The number of carbonyl (C=O) groups excluding carboxylic acids is 2. The molecule has 3 fully saturated rings. The molecule has 3 aliphatic rings. The van der Waals surface area contributed by atoms with Crippen molar-refractivity contribution in [3.63, 3.8) is 0 Å². The molecule has 1 saturated heterocycles. The van der Waals surface area contributed by atoms with Crippen LogP contribution in [0, 0.1) is 28.6 Å². The molecule has 4 nitrogen and oxygen atoms in total. The molecule has 1 aliphatic heterocycles. The molecular weight excluding hydrogens is 304 g/mol. The largest absolute Gasteiger partial charge is 0.459 e. The Hall–Kier alpha value is -1.06. The van der Waals surface area contributed by atoms with Gasteiger partial charge in [0, 0.05) is 5.41 Å². The Balaban J connectivity index is 1.83. The minimum atomic E-state index is -1.10. The third kappa shape index (κ3) is 2.17. The first-order chi connectivity index (χ1) is 11.0. The van der Waals surface area contributed by atoms with E-state index in [1.54, 1.807) is 0 Å². The molecule has 0 unspecified atom stereocenters. The van der Waals surface area contributed by atoms with Gasteiger partial charge < -0.3 is 9.47 Å². The fourth-order valence-corrected chi connectivity index (χ4v) is 5.19. The lowest BCUT2D eigenvalue weighted by Gasteiger charge is -2.40. The van der Waals surface area contributed by atoms with Crippen molar-refractivity contribution in [2.75, 3.05) is 0 Å². The van der Waals surface area contributed by atoms with Crippen LogP contribution in [-0.4, -0.2) is 23.6 Å². The van der Waals surface area contributed by atoms with Gasteiger partial charge in [0.25, 0.3) is 0 Å². The lowest BCUT2D eigenvalue weighted by atomic mass is 9.66. The van der Waals surface area contributed by atoms with Crippen molar-refractivity contribution in [3.8, 4) is 0 Å². The molecule has 2 aliphatic carbocycles. The number of rotatable bonds is 3. The molecule has 0 aromatic heterocycles. The summed E-state index contributed by atoms with van der Waals surface area (Å²) in [7, 11) is 0. The van der Waals surface area contributed by atoms with Gasteiger partial charge in [-0.15, -0.1) is 0 Å². The highest BCUT2D eigenvalue weighted by Crippen LogP contribution is 2.66. The Morgan fingerprint density at radius 3 is 2.38 bits per heavy atom. The van der Waals surface area contributed by atoms with E-state index in [2.05, 4.69) is 20.8 Å². The smallest absolute Gasteiger partial charge is 0.351 e. The molecule has 136 valence electrons. The van der Waals surface area contributed by atoms with E-state index in [-0.39, 0.29) is 18.0 Å². The van der Waals surface area contributed by atoms with Crippen molar-refractivity contribution in [1.29, 1.82) is 0 Å². The summed E-state index contributed by atoms with van der Waals surface area (Å²) in [6.07, 6.45) is 4.43. The highest BCUT2D eigenvalue weighted by molar-refractivity contribution is 5.93. The van der Waals surface area contributed by atoms with E-state index in [1.165, 1.54) is 6.42 Å². The van der Waals surface area contributed by atoms with Crippen molar-refractivity contribution in [2.24, 2.45) is 28.6 Å². The molecule has 4 heteroatoms. The summed E-state index contributed by atoms with van der Waals surface area (Å²) in [4.78, 5) is 25.5. The van der Waals surface area contributed by atoms with Crippen LogP contribution in [0.1, 0.15) is 73.6 Å². The molecule has 0 spiro atoms. The van der Waals surface area contributed by atoms with Crippen LogP contribution in [-0.2, 0) is 19.1 Å². The average Bonchev–Trinajstić information content (AvgIpc) is 2.77. The van der Waals surface area contributed by atoms with E-state index in [1.807, 2.05) is 20.8 Å². The van der Waals surface area contributed by atoms with Gasteiger partial charge in [-0.25, -0.2) is 4.79 Å². The fraction of sp³-hybridized carbons (Fsp3) is 0.900. The van der Waals surface area contributed by atoms with Gasteiger partial charge in [-0.05, 0) is 50.4 Å². The van der Waals surface area contributed by atoms with E-state index in [0.29, 0.717) is 30.6 Å². The fourth-order valence-electron chi connectivity index (χ4n) is 5.19. The summed E-state index contributed by atoms with van der Waals surface area (Å²) in [6, 6.07) is 0. The summed E-state index contributed by atoms with van der Waals surface area (Å²) >= 11 is 0. The maximum absolute atomic E-state index is 13.2. The second-order valence-electron chi connectivity index (χ2n) is 9.44. The van der Waals surface area contributed by atoms with Crippen LogP contribution in [0.15, 0.2) is 0 Å². The van der Waals surface area contributed by atoms with E-state index < -0.39 is 16.4 Å². The van der Waals surface area contributed by atoms with Crippen LogP contribution in [0.2, 0.25) is 0 Å². The first kappa shape index (κ1) is 17.8. The second-order valence-corrected chi connectivity index (χ2v) is 9.44. The molecule has 24 heavy (non-hydrogen) atoms. The van der Waals surface area contributed by atoms with Crippen LogP contribution in [0.4, 0.5) is 0 Å². The minimum Gasteiger partial charge on any atom is -0.459 e. The second kappa shape index (κ2) is 5.47. The molecule has 0 radical (unpaired) electrons. The summed E-state index contributed by atoms with van der Waals surface area (Å²) < 4.78 is 11.7. The van der Waals surface area contributed by atoms with Gasteiger partial charge in [-0.3, -0.25) is 4.79 Å². The van der Waals surface area contributed by atoms with Crippen molar-refractivity contribution >= 4 is 11.9 Å². The normalized spacial score (nSPS) is 43.8. The van der Waals surface area contributed by atoms with E-state index in [4.69, 9.17) is 9.47 Å². The van der Waals surface area contributed by atoms with Crippen LogP contribution >= 0.6 is 0 Å². The van der Waals surface area contributed by atoms with Gasteiger partial charge in [0.1, 0.15) is 6.10 Å². The maximum Gasteiger partial charge on any atom is 0.351 e. The first-order valence-electron chi connectivity index (χ1n) is 9.50. The van der Waals surface area contributed by atoms with Crippen molar-refractivity contribution in [2.45, 2.75) is 85.4 Å². The number of esters is 2. The van der Waals surface area contributed by atoms with Crippen LogP contribution in [0.25, 0.3) is 0 Å². The third-order valence-electron chi connectivity index (χ3n) is 7.63. The average molecular weight is 336 g/mol. The van der Waals surface area contributed by atoms with Crippen molar-refractivity contribution < 1.29 is 19.1 Å². The lowest BCUT2D eigenvalue weighted by molar-refractivity contribution is -0.191. The summed E-state index contributed by atoms with van der Waals surface area (Å²) in [6.45, 7) is 12.5. The molecule has 5 atom stereocenters. The zero-order chi connectivity index (χ0) is 17.9. The van der Waals surface area contributed by atoms with Crippen LogP contribution in [0.5, 0.6) is 0 Å². The maximum atomic E-state index is 13.2. The SMILES string of the molecule is CC(C)[C@@H]1CC[C@@H](C)C[C@H]1OC(=O)[C@@]12CC[C@@](C)(C(=O)O1)C2(C)C. The quantitative estimate of drug-likeness (QED) is 0.728. The lowest BCUT2D eigenvalue weighted by Crippen LogP contribution is -2.51. The zero-order valence-corrected chi connectivity index (χ0v) is 16.0. The zero-order valence-electron chi connectivity index (χ0n) is 16.0. The van der Waals surface area contributed by atoms with Gasteiger partial charge in [0.2, 0.25) is 5.60 Å². The van der Waals surface area contributed by atoms with Gasteiger partial charge in [-0.2, -0.15) is 0 Å². The van der Waals surface area contributed by atoms with Gasteiger partial charge in [-0.1, -0.05) is 41.0 Å². The molecule has 2 saturated carbocycles. The summed E-state index contributed by atoms with van der Waals surface area (Å²) in [5.74, 6) is 0.901. The van der Waals surface area contributed by atoms with Crippen LogP contribution in [0.3, 0.4) is 0 Å². The number of ether oxygens (including phenoxy) is 2. The molecule has 0 amide bonds. The molecule has 2 bridgehead atoms. The number of carbonyl (C=O) groups is 2. The Kier molecular flexibility index (Phi) is 4.05. The topological polar surface area (TPSA) is 52.6 Å². The Morgan fingerprint density at radius 1 is 1.21 bits per heavy atom. The van der Waals surface area contributed by atoms with Gasteiger partial charge in [0.05, 0.1) is 5.41 Å². The summed E-state index contributed by atoms with van der Waals surface area (Å²) in [5.41, 5.74) is -2.20. The number of hydrogen-bond acceptors (Lipinski definition) is 4. The molecule has 0 aromatic carbocycles. The Labute approximate surface area is 145 Å². The summed E-state index contributed by atoms with van der Waals surface area (Å²) in [5, 5.41) is 0. The highest BCUT2D eigenvalue weighted by atomic mass is 16.6. The highest BCUT2D eigenvalue weighted by Gasteiger charge is 2.76.